The molecule has 13 heavy (non-hydrogen) atoms. The van der Waals surface area contributed by atoms with E-state index in [9.17, 15) is 8.42 Å². The Morgan fingerprint density at radius 3 is 2.15 bits per heavy atom. The predicted octanol–water partition coefficient (Wildman–Crippen LogP) is 0.299. The second-order valence-electron chi connectivity index (χ2n) is 4.31. The summed E-state index contributed by atoms with van der Waals surface area (Å²) in [5, 5.41) is 0. The number of rotatable bonds is 4. The maximum Gasteiger partial charge on any atom is 0.216 e. The molecule has 0 aromatic carbocycles. The van der Waals surface area contributed by atoms with Gasteiger partial charge in [-0.3, -0.25) is 0 Å². The molecule has 1 unspecified atom stereocenters. The third-order valence-electron chi connectivity index (χ3n) is 1.83. The van der Waals surface area contributed by atoms with Crippen molar-refractivity contribution in [2.45, 2.75) is 32.4 Å². The zero-order valence-electron chi connectivity index (χ0n) is 8.79. The van der Waals surface area contributed by atoms with Crippen LogP contribution in [0.3, 0.4) is 0 Å². The van der Waals surface area contributed by atoms with Gasteiger partial charge in [-0.25, -0.2) is 13.1 Å². The molecule has 0 aromatic rings. The van der Waals surface area contributed by atoms with Crippen LogP contribution in [-0.4, -0.2) is 26.3 Å². The van der Waals surface area contributed by atoms with Gasteiger partial charge in [0.25, 0.3) is 0 Å². The first-order valence-corrected chi connectivity index (χ1v) is 5.88. The quantitative estimate of drug-likeness (QED) is 0.698. The first-order valence-electron chi connectivity index (χ1n) is 4.40. The third kappa shape index (κ3) is 4.06. The minimum absolute atomic E-state index is 0.178. The van der Waals surface area contributed by atoms with Crippen molar-refractivity contribution >= 4 is 10.0 Å². The number of nitrogens with one attached hydrogen (secondary N) is 1. The summed E-state index contributed by atoms with van der Waals surface area (Å²) in [5.41, 5.74) is 5.38. The van der Waals surface area contributed by atoms with Gasteiger partial charge < -0.3 is 5.73 Å². The van der Waals surface area contributed by atoms with Gasteiger partial charge >= 0.3 is 0 Å². The van der Waals surface area contributed by atoms with Crippen molar-refractivity contribution in [2.24, 2.45) is 11.7 Å². The average Bonchev–Trinajstić information content (AvgIpc) is 1.98. The second kappa shape index (κ2) is 4.39. The Balaban J connectivity index is 4.22. The van der Waals surface area contributed by atoms with Crippen LogP contribution in [0, 0.1) is 5.92 Å². The normalized spacial score (nSPS) is 15.8. The molecule has 0 spiro atoms. The lowest BCUT2D eigenvalue weighted by Gasteiger charge is -2.21. The molecule has 4 nitrogen and oxygen atoms in total. The molecule has 0 saturated carbocycles. The monoisotopic (exact) mass is 208 g/mol. The first kappa shape index (κ1) is 12.9. The third-order valence-corrected chi connectivity index (χ3v) is 3.99. The summed E-state index contributed by atoms with van der Waals surface area (Å²) < 4.78 is 24.8. The van der Waals surface area contributed by atoms with Crippen LogP contribution in [0.4, 0.5) is 0 Å². The fraction of sp³-hybridized carbons (Fsp3) is 1.00. The van der Waals surface area contributed by atoms with Gasteiger partial charge in [0.1, 0.15) is 0 Å². The van der Waals surface area contributed by atoms with Crippen molar-refractivity contribution in [3.63, 3.8) is 0 Å². The van der Waals surface area contributed by atoms with Crippen LogP contribution in [0.25, 0.3) is 0 Å². The summed E-state index contributed by atoms with van der Waals surface area (Å²) in [6, 6.07) is 0. The summed E-state index contributed by atoms with van der Waals surface area (Å²) in [4.78, 5) is 0. The standard InChI is InChI=1S/C8H20N2O2S/c1-7(5-9)6-10-13(11,12)8(2,3)4/h7,10H,5-6,9H2,1-4H3. The van der Waals surface area contributed by atoms with Crippen molar-refractivity contribution in [3.05, 3.63) is 0 Å². The number of hydrogen-bond acceptors (Lipinski definition) is 3. The summed E-state index contributed by atoms with van der Waals surface area (Å²) in [6.07, 6.45) is 0. The first-order chi connectivity index (χ1) is 5.70. The Hall–Kier alpha value is -0.130. The molecule has 0 rings (SSSR count). The van der Waals surface area contributed by atoms with Crippen molar-refractivity contribution < 1.29 is 8.42 Å². The van der Waals surface area contributed by atoms with Gasteiger partial charge in [-0.15, -0.1) is 0 Å². The van der Waals surface area contributed by atoms with Crippen LogP contribution < -0.4 is 10.5 Å². The van der Waals surface area contributed by atoms with E-state index in [1.54, 1.807) is 20.8 Å². The van der Waals surface area contributed by atoms with E-state index in [1.165, 1.54) is 0 Å². The van der Waals surface area contributed by atoms with Crippen molar-refractivity contribution in [1.29, 1.82) is 0 Å². The Labute approximate surface area is 80.9 Å². The van der Waals surface area contributed by atoms with E-state index in [0.29, 0.717) is 13.1 Å². The van der Waals surface area contributed by atoms with E-state index in [0.717, 1.165) is 0 Å². The minimum Gasteiger partial charge on any atom is -0.330 e. The van der Waals surface area contributed by atoms with Crippen molar-refractivity contribution in [1.82, 2.24) is 4.72 Å². The lowest BCUT2D eigenvalue weighted by Crippen LogP contribution is -2.41. The molecule has 0 bridgehead atoms. The van der Waals surface area contributed by atoms with E-state index < -0.39 is 14.8 Å². The molecule has 0 aliphatic carbocycles. The molecule has 0 aliphatic heterocycles. The lowest BCUT2D eigenvalue weighted by atomic mass is 10.2. The molecular weight excluding hydrogens is 188 g/mol. The Morgan fingerprint density at radius 1 is 1.38 bits per heavy atom. The van der Waals surface area contributed by atoms with Crippen molar-refractivity contribution in [2.75, 3.05) is 13.1 Å². The van der Waals surface area contributed by atoms with Crippen LogP contribution in [0.2, 0.25) is 0 Å². The molecule has 0 aromatic heterocycles. The highest BCUT2D eigenvalue weighted by Crippen LogP contribution is 2.12. The topological polar surface area (TPSA) is 72.2 Å². The van der Waals surface area contributed by atoms with Gasteiger partial charge in [0.05, 0.1) is 4.75 Å². The molecule has 0 amide bonds. The van der Waals surface area contributed by atoms with Crippen LogP contribution in [-0.2, 0) is 10.0 Å². The van der Waals surface area contributed by atoms with Gasteiger partial charge in [0.15, 0.2) is 0 Å². The molecule has 1 atom stereocenters. The maximum absolute atomic E-state index is 11.5. The average molecular weight is 208 g/mol. The molecular formula is C8H20N2O2S. The number of sulfonamides is 1. The molecule has 5 heteroatoms. The van der Waals surface area contributed by atoms with Gasteiger partial charge in [0, 0.05) is 6.54 Å². The highest BCUT2D eigenvalue weighted by molar-refractivity contribution is 7.90. The molecule has 0 aliphatic rings. The van der Waals surface area contributed by atoms with Gasteiger partial charge in [0.2, 0.25) is 10.0 Å². The SMILES string of the molecule is CC(CN)CNS(=O)(=O)C(C)(C)C. The molecule has 0 fully saturated rings. The van der Waals surface area contributed by atoms with Crippen LogP contribution in [0.1, 0.15) is 27.7 Å². The number of nitrogens with two attached hydrogens (primary N) is 1. The zero-order valence-corrected chi connectivity index (χ0v) is 9.61. The zero-order chi connectivity index (χ0) is 10.7. The molecule has 0 radical (unpaired) electrons. The second-order valence-corrected chi connectivity index (χ2v) is 6.83. The Kier molecular flexibility index (Phi) is 4.35. The van der Waals surface area contributed by atoms with E-state index in [-0.39, 0.29) is 5.92 Å². The van der Waals surface area contributed by atoms with Gasteiger partial charge in [-0.2, -0.15) is 0 Å². The van der Waals surface area contributed by atoms with Crippen LogP contribution in [0.15, 0.2) is 0 Å². The maximum atomic E-state index is 11.5. The highest BCUT2D eigenvalue weighted by atomic mass is 32.2. The van der Waals surface area contributed by atoms with E-state index in [1.807, 2.05) is 6.92 Å². The summed E-state index contributed by atoms with van der Waals surface area (Å²) in [7, 11) is -3.21. The number of hydrogen-bond donors (Lipinski definition) is 2. The fourth-order valence-corrected chi connectivity index (χ4v) is 1.49. The highest BCUT2D eigenvalue weighted by Gasteiger charge is 2.28. The summed E-state index contributed by atoms with van der Waals surface area (Å²) >= 11 is 0. The van der Waals surface area contributed by atoms with E-state index in [4.69, 9.17) is 5.73 Å². The minimum atomic E-state index is -3.21. The van der Waals surface area contributed by atoms with Crippen LogP contribution >= 0.6 is 0 Å². The van der Waals surface area contributed by atoms with E-state index >= 15 is 0 Å². The molecule has 0 saturated heterocycles. The van der Waals surface area contributed by atoms with Crippen molar-refractivity contribution in [3.8, 4) is 0 Å². The van der Waals surface area contributed by atoms with E-state index in [2.05, 4.69) is 4.72 Å². The predicted molar refractivity (Wildman–Crippen MR) is 54.9 cm³/mol. The Morgan fingerprint density at radius 2 is 1.85 bits per heavy atom. The Bertz CT molecular complexity index is 241. The summed E-state index contributed by atoms with van der Waals surface area (Å²) in [6.45, 7) is 7.82. The molecule has 3 N–H and O–H groups in total. The van der Waals surface area contributed by atoms with Crippen LogP contribution in [0.5, 0.6) is 0 Å². The fourth-order valence-electron chi connectivity index (χ4n) is 0.552. The van der Waals surface area contributed by atoms with Gasteiger partial charge in [-0.05, 0) is 33.2 Å². The largest absolute Gasteiger partial charge is 0.330 e. The lowest BCUT2D eigenvalue weighted by molar-refractivity contribution is 0.520. The molecule has 0 heterocycles. The van der Waals surface area contributed by atoms with Gasteiger partial charge in [-0.1, -0.05) is 6.92 Å². The molecule has 80 valence electrons. The smallest absolute Gasteiger partial charge is 0.216 e. The summed E-state index contributed by atoms with van der Waals surface area (Å²) in [5.74, 6) is 0.178.